The third kappa shape index (κ3) is 5.37. The molecule has 3 aromatic rings. The summed E-state index contributed by atoms with van der Waals surface area (Å²) in [6.07, 6.45) is 0. The van der Waals surface area contributed by atoms with Crippen molar-refractivity contribution < 1.29 is 19.4 Å². The highest BCUT2D eigenvalue weighted by molar-refractivity contribution is 6.15. The lowest BCUT2D eigenvalue weighted by molar-refractivity contribution is -0.385. The first-order chi connectivity index (χ1) is 15.7. The highest BCUT2D eigenvalue weighted by atomic mass is 16.6. The van der Waals surface area contributed by atoms with Crippen molar-refractivity contribution in [3.05, 3.63) is 104 Å². The molecule has 0 unspecified atom stereocenters. The largest absolute Gasteiger partial charge is 0.325 e. The Morgan fingerprint density at radius 1 is 0.727 bits per heavy atom. The van der Waals surface area contributed by atoms with Crippen LogP contribution in [-0.2, 0) is 9.59 Å². The van der Waals surface area contributed by atoms with Gasteiger partial charge in [-0.05, 0) is 30.5 Å². The van der Waals surface area contributed by atoms with Gasteiger partial charge in [0.1, 0.15) is 5.92 Å². The maximum Gasteiger partial charge on any atom is 0.271 e. The molecule has 0 aromatic heterocycles. The molecule has 0 bridgehead atoms. The summed E-state index contributed by atoms with van der Waals surface area (Å²) in [5.41, 5.74) is 1.54. The zero-order valence-corrected chi connectivity index (χ0v) is 17.8. The van der Waals surface area contributed by atoms with Gasteiger partial charge in [-0.1, -0.05) is 42.5 Å². The summed E-state index contributed by atoms with van der Waals surface area (Å²) >= 11 is 0. The second kappa shape index (κ2) is 9.69. The standard InChI is InChI=1S/C23H20N4O6/c1-14-8-10-17(26(30)31)12-19(14)24-22(28)21(16-6-4-3-5-7-16)23(29)25-20-13-18(27(32)33)11-9-15(20)2/h3-13,21H,1-2H3,(H,24,28)(H,25,29). The monoisotopic (exact) mass is 448 g/mol. The first-order valence-corrected chi connectivity index (χ1v) is 9.84. The fourth-order valence-corrected chi connectivity index (χ4v) is 3.19. The van der Waals surface area contributed by atoms with Gasteiger partial charge in [0.15, 0.2) is 0 Å². The fraction of sp³-hybridized carbons (Fsp3) is 0.130. The Labute approximate surface area is 188 Å². The molecule has 2 N–H and O–H groups in total. The molecule has 0 radical (unpaired) electrons. The minimum atomic E-state index is -1.32. The van der Waals surface area contributed by atoms with Crippen molar-refractivity contribution in [2.24, 2.45) is 0 Å². The number of carbonyl (C=O) groups excluding carboxylic acids is 2. The summed E-state index contributed by atoms with van der Waals surface area (Å²) in [5.74, 6) is -2.72. The van der Waals surface area contributed by atoms with E-state index in [1.165, 1.54) is 36.4 Å². The van der Waals surface area contributed by atoms with E-state index in [0.29, 0.717) is 16.7 Å². The molecule has 0 heterocycles. The number of nitrogens with zero attached hydrogens (tertiary/aromatic N) is 2. The van der Waals surface area contributed by atoms with Crippen LogP contribution in [-0.4, -0.2) is 21.7 Å². The molecule has 0 atom stereocenters. The van der Waals surface area contributed by atoms with Crippen LogP contribution in [0.1, 0.15) is 22.6 Å². The van der Waals surface area contributed by atoms with E-state index in [1.54, 1.807) is 44.2 Å². The highest BCUT2D eigenvalue weighted by Crippen LogP contribution is 2.27. The number of rotatable bonds is 7. The first kappa shape index (κ1) is 23.1. The molecular formula is C23H20N4O6. The van der Waals surface area contributed by atoms with E-state index in [0.717, 1.165) is 0 Å². The second-order valence-corrected chi connectivity index (χ2v) is 7.33. The van der Waals surface area contributed by atoms with Crippen LogP contribution in [0.2, 0.25) is 0 Å². The van der Waals surface area contributed by atoms with Crippen LogP contribution in [0.5, 0.6) is 0 Å². The summed E-state index contributed by atoms with van der Waals surface area (Å²) < 4.78 is 0. The van der Waals surface area contributed by atoms with Gasteiger partial charge in [-0.3, -0.25) is 29.8 Å². The molecule has 3 aromatic carbocycles. The van der Waals surface area contributed by atoms with Crippen molar-refractivity contribution in [2.45, 2.75) is 19.8 Å². The zero-order valence-electron chi connectivity index (χ0n) is 17.8. The van der Waals surface area contributed by atoms with Gasteiger partial charge in [0.25, 0.3) is 11.4 Å². The number of carbonyl (C=O) groups is 2. The molecule has 0 aliphatic carbocycles. The molecule has 10 nitrogen and oxygen atoms in total. The van der Waals surface area contributed by atoms with Crippen LogP contribution < -0.4 is 10.6 Å². The summed E-state index contributed by atoms with van der Waals surface area (Å²) in [4.78, 5) is 47.4. The molecule has 33 heavy (non-hydrogen) atoms. The Balaban J connectivity index is 1.95. The molecule has 0 fully saturated rings. The van der Waals surface area contributed by atoms with Crippen LogP contribution in [0, 0.1) is 34.1 Å². The minimum absolute atomic E-state index is 0.203. The number of aryl methyl sites for hydroxylation is 2. The van der Waals surface area contributed by atoms with E-state index in [-0.39, 0.29) is 22.7 Å². The van der Waals surface area contributed by atoms with E-state index in [2.05, 4.69) is 10.6 Å². The minimum Gasteiger partial charge on any atom is -0.325 e. The number of non-ortho nitro benzene ring substituents is 2. The van der Waals surface area contributed by atoms with E-state index in [4.69, 9.17) is 0 Å². The van der Waals surface area contributed by atoms with Gasteiger partial charge in [0, 0.05) is 24.3 Å². The lowest BCUT2D eigenvalue weighted by Crippen LogP contribution is -2.32. The van der Waals surface area contributed by atoms with Crippen LogP contribution in [0.25, 0.3) is 0 Å². The highest BCUT2D eigenvalue weighted by Gasteiger charge is 2.30. The van der Waals surface area contributed by atoms with Crippen molar-refractivity contribution in [3.63, 3.8) is 0 Å². The number of nitro groups is 2. The molecule has 10 heteroatoms. The average Bonchev–Trinajstić information content (AvgIpc) is 2.77. The normalized spacial score (nSPS) is 10.5. The van der Waals surface area contributed by atoms with Crippen molar-refractivity contribution in [1.82, 2.24) is 0 Å². The lowest BCUT2D eigenvalue weighted by Gasteiger charge is -2.18. The molecule has 0 aliphatic heterocycles. The number of hydrogen-bond acceptors (Lipinski definition) is 6. The number of benzene rings is 3. The Hall–Kier alpha value is -4.60. The van der Waals surface area contributed by atoms with Crippen LogP contribution in [0.4, 0.5) is 22.7 Å². The number of nitro benzene ring substituents is 2. The molecular weight excluding hydrogens is 428 g/mol. The van der Waals surface area contributed by atoms with Crippen LogP contribution in [0.15, 0.2) is 66.7 Å². The van der Waals surface area contributed by atoms with Crippen molar-refractivity contribution in [3.8, 4) is 0 Å². The van der Waals surface area contributed by atoms with E-state index in [9.17, 15) is 29.8 Å². The second-order valence-electron chi connectivity index (χ2n) is 7.33. The number of amides is 2. The summed E-state index contributed by atoms with van der Waals surface area (Å²) in [6, 6.07) is 16.3. The third-order valence-corrected chi connectivity index (χ3v) is 5.04. The molecule has 0 saturated carbocycles. The Kier molecular flexibility index (Phi) is 6.77. The topological polar surface area (TPSA) is 144 Å². The van der Waals surface area contributed by atoms with Crippen LogP contribution >= 0.6 is 0 Å². The molecule has 3 rings (SSSR count). The number of anilines is 2. The Bertz CT molecular complexity index is 1170. The summed E-state index contributed by atoms with van der Waals surface area (Å²) in [5, 5.41) is 27.4. The predicted molar refractivity (Wildman–Crippen MR) is 122 cm³/mol. The molecule has 2 amide bonds. The Morgan fingerprint density at radius 3 is 1.55 bits per heavy atom. The van der Waals surface area contributed by atoms with Gasteiger partial charge in [-0.15, -0.1) is 0 Å². The van der Waals surface area contributed by atoms with E-state index >= 15 is 0 Å². The van der Waals surface area contributed by atoms with Gasteiger partial charge < -0.3 is 10.6 Å². The van der Waals surface area contributed by atoms with Gasteiger partial charge in [0.2, 0.25) is 11.8 Å². The number of nitrogens with one attached hydrogen (secondary N) is 2. The fourth-order valence-electron chi connectivity index (χ4n) is 3.19. The van der Waals surface area contributed by atoms with Gasteiger partial charge >= 0.3 is 0 Å². The van der Waals surface area contributed by atoms with Gasteiger partial charge in [0.05, 0.1) is 21.2 Å². The first-order valence-electron chi connectivity index (χ1n) is 9.84. The van der Waals surface area contributed by atoms with Crippen molar-refractivity contribution >= 4 is 34.6 Å². The smallest absolute Gasteiger partial charge is 0.271 e. The Morgan fingerprint density at radius 2 is 1.15 bits per heavy atom. The predicted octanol–water partition coefficient (Wildman–Crippen LogP) is 4.48. The zero-order chi connectivity index (χ0) is 24.1. The maximum atomic E-state index is 13.2. The maximum absolute atomic E-state index is 13.2. The van der Waals surface area contributed by atoms with E-state index in [1.807, 2.05) is 0 Å². The number of hydrogen-bond donors (Lipinski definition) is 2. The molecule has 0 saturated heterocycles. The summed E-state index contributed by atoms with van der Waals surface area (Å²) in [7, 11) is 0. The lowest BCUT2D eigenvalue weighted by atomic mass is 9.96. The van der Waals surface area contributed by atoms with Crippen molar-refractivity contribution in [2.75, 3.05) is 10.6 Å². The van der Waals surface area contributed by atoms with Crippen molar-refractivity contribution in [1.29, 1.82) is 0 Å². The van der Waals surface area contributed by atoms with E-state index < -0.39 is 27.6 Å². The summed E-state index contributed by atoms with van der Waals surface area (Å²) in [6.45, 7) is 3.34. The molecule has 168 valence electrons. The van der Waals surface area contributed by atoms with Gasteiger partial charge in [-0.25, -0.2) is 0 Å². The van der Waals surface area contributed by atoms with Crippen LogP contribution in [0.3, 0.4) is 0 Å². The third-order valence-electron chi connectivity index (χ3n) is 5.04. The average molecular weight is 448 g/mol. The molecule has 0 aliphatic rings. The SMILES string of the molecule is Cc1ccc([N+](=O)[O-])cc1NC(=O)C(C(=O)Nc1cc([N+](=O)[O-])ccc1C)c1ccccc1. The van der Waals surface area contributed by atoms with Gasteiger partial charge in [-0.2, -0.15) is 0 Å². The quantitative estimate of drug-likeness (QED) is 0.310. The molecule has 0 spiro atoms.